The van der Waals surface area contributed by atoms with Crippen molar-refractivity contribution < 1.29 is 22.0 Å². The van der Waals surface area contributed by atoms with Gasteiger partial charge in [-0.3, -0.25) is 0 Å². The molecule has 124 valence electrons. The summed E-state index contributed by atoms with van der Waals surface area (Å²) in [5.74, 6) is -1.99. The van der Waals surface area contributed by atoms with Crippen LogP contribution in [0.2, 0.25) is 0 Å². The quantitative estimate of drug-likeness (QED) is 0.585. The third kappa shape index (κ3) is 4.20. The monoisotopic (exact) mass is 320 g/mol. The minimum atomic E-state index is -5.00. The van der Waals surface area contributed by atoms with Gasteiger partial charge in [0.15, 0.2) is 0 Å². The summed E-state index contributed by atoms with van der Waals surface area (Å²) in [5.41, 5.74) is -1.47. The Kier molecular flexibility index (Phi) is 5.45. The number of rotatable bonds is 4. The van der Waals surface area contributed by atoms with E-state index < -0.39 is 23.4 Å². The molecule has 0 N–H and O–H groups in total. The van der Waals surface area contributed by atoms with E-state index in [0.29, 0.717) is 17.9 Å². The molecule has 0 heterocycles. The zero-order valence-electron chi connectivity index (χ0n) is 12.6. The lowest BCUT2D eigenvalue weighted by Gasteiger charge is -2.28. The van der Waals surface area contributed by atoms with Crippen LogP contribution in [-0.2, 0) is 12.6 Å². The van der Waals surface area contributed by atoms with E-state index in [1.165, 1.54) is 6.42 Å². The summed E-state index contributed by atoms with van der Waals surface area (Å²) in [6, 6.07) is 1.67. The maximum absolute atomic E-state index is 13.6. The molecule has 1 aromatic rings. The van der Waals surface area contributed by atoms with Gasteiger partial charge >= 0.3 is 6.18 Å². The van der Waals surface area contributed by atoms with Gasteiger partial charge in [-0.2, -0.15) is 13.2 Å². The normalized spacial score (nSPS) is 22.8. The molecular weight excluding hydrogens is 299 g/mol. The van der Waals surface area contributed by atoms with E-state index in [4.69, 9.17) is 0 Å². The van der Waals surface area contributed by atoms with Gasteiger partial charge in [0.25, 0.3) is 0 Å². The van der Waals surface area contributed by atoms with E-state index in [-0.39, 0.29) is 0 Å². The van der Waals surface area contributed by atoms with E-state index in [9.17, 15) is 22.0 Å². The third-order valence-corrected chi connectivity index (χ3v) is 4.57. The zero-order chi connectivity index (χ0) is 16.3. The van der Waals surface area contributed by atoms with Crippen LogP contribution in [0.1, 0.15) is 56.6 Å². The van der Waals surface area contributed by atoms with Crippen LogP contribution in [-0.4, -0.2) is 0 Å². The van der Waals surface area contributed by atoms with E-state index in [1.807, 2.05) is 0 Å². The molecule has 1 saturated carbocycles. The lowest BCUT2D eigenvalue weighted by Crippen LogP contribution is -2.17. The Morgan fingerprint density at radius 3 is 1.91 bits per heavy atom. The molecule has 0 aliphatic heterocycles. The summed E-state index contributed by atoms with van der Waals surface area (Å²) in [6.45, 7) is 2.15. The Morgan fingerprint density at radius 1 is 0.955 bits per heavy atom. The van der Waals surface area contributed by atoms with Gasteiger partial charge in [0.05, 0.1) is 0 Å². The van der Waals surface area contributed by atoms with Crippen molar-refractivity contribution in [2.24, 2.45) is 11.8 Å². The lowest BCUT2D eigenvalue weighted by atomic mass is 9.78. The Labute approximate surface area is 127 Å². The van der Waals surface area contributed by atoms with E-state index in [1.54, 1.807) is 0 Å². The van der Waals surface area contributed by atoms with E-state index in [2.05, 4.69) is 6.92 Å². The first-order chi connectivity index (χ1) is 10.3. The predicted molar refractivity (Wildman–Crippen MR) is 75.4 cm³/mol. The van der Waals surface area contributed by atoms with Gasteiger partial charge in [-0.05, 0) is 48.8 Å². The van der Waals surface area contributed by atoms with Crippen molar-refractivity contribution in [2.45, 2.75) is 58.0 Å². The number of halogens is 5. The van der Waals surface area contributed by atoms with Gasteiger partial charge < -0.3 is 0 Å². The maximum atomic E-state index is 13.6. The minimum absolute atomic E-state index is 0.309. The Hall–Kier alpha value is -1.13. The third-order valence-electron chi connectivity index (χ3n) is 4.57. The van der Waals surface area contributed by atoms with Crippen molar-refractivity contribution >= 4 is 0 Å². The standard InChI is InChI=1S/C17H21F5/c1-2-3-11-4-6-12(7-5-11)8-13-9-14(18)16(15(19)10-13)17(20,21)22/h9-12H,2-8H2,1H3. The molecule has 0 aromatic heterocycles. The average molecular weight is 320 g/mol. The Balaban J connectivity index is 2.03. The average Bonchev–Trinajstić information content (AvgIpc) is 2.39. The van der Waals surface area contributed by atoms with Crippen LogP contribution in [0, 0.1) is 23.5 Å². The smallest absolute Gasteiger partial charge is 0.206 e. The van der Waals surface area contributed by atoms with Crippen LogP contribution in [0.3, 0.4) is 0 Å². The van der Waals surface area contributed by atoms with Gasteiger partial charge in [0.1, 0.15) is 17.2 Å². The van der Waals surface area contributed by atoms with E-state index in [0.717, 1.165) is 50.2 Å². The fourth-order valence-electron chi connectivity index (χ4n) is 3.48. The second-order valence-electron chi connectivity index (χ2n) is 6.31. The molecule has 2 rings (SSSR count). The molecule has 0 saturated heterocycles. The molecule has 5 heteroatoms. The van der Waals surface area contributed by atoms with Crippen LogP contribution >= 0.6 is 0 Å². The number of hydrogen-bond acceptors (Lipinski definition) is 0. The molecule has 0 bridgehead atoms. The summed E-state index contributed by atoms with van der Waals surface area (Å²) >= 11 is 0. The molecule has 1 aliphatic rings. The highest BCUT2D eigenvalue weighted by Crippen LogP contribution is 2.36. The van der Waals surface area contributed by atoms with Gasteiger partial charge in [-0.1, -0.05) is 32.6 Å². The van der Waals surface area contributed by atoms with Crippen LogP contribution < -0.4 is 0 Å². The lowest BCUT2D eigenvalue weighted by molar-refractivity contribution is -0.142. The first-order valence-electron chi connectivity index (χ1n) is 7.86. The minimum Gasteiger partial charge on any atom is -0.206 e. The second kappa shape index (κ2) is 6.97. The van der Waals surface area contributed by atoms with Crippen molar-refractivity contribution in [3.63, 3.8) is 0 Å². The molecule has 22 heavy (non-hydrogen) atoms. The van der Waals surface area contributed by atoms with Crippen molar-refractivity contribution in [3.05, 3.63) is 34.9 Å². The summed E-state index contributed by atoms with van der Waals surface area (Å²) < 4.78 is 64.7. The predicted octanol–water partition coefficient (Wildman–Crippen LogP) is 6.13. The van der Waals surface area contributed by atoms with Crippen LogP contribution in [0.4, 0.5) is 22.0 Å². The molecule has 0 spiro atoms. The topological polar surface area (TPSA) is 0 Å². The molecule has 1 aliphatic carbocycles. The van der Waals surface area contributed by atoms with Gasteiger partial charge in [0, 0.05) is 0 Å². The van der Waals surface area contributed by atoms with Gasteiger partial charge in [-0.25, -0.2) is 8.78 Å². The maximum Gasteiger partial charge on any atom is 0.422 e. The summed E-state index contributed by atoms with van der Waals surface area (Å²) in [6.07, 6.45) is 1.98. The summed E-state index contributed by atoms with van der Waals surface area (Å²) in [4.78, 5) is 0. The number of hydrogen-bond donors (Lipinski definition) is 0. The number of benzene rings is 1. The van der Waals surface area contributed by atoms with E-state index >= 15 is 0 Å². The highest BCUT2D eigenvalue weighted by Gasteiger charge is 2.38. The molecule has 0 nitrogen and oxygen atoms in total. The molecule has 0 radical (unpaired) electrons. The first kappa shape index (κ1) is 17.2. The Bertz CT molecular complexity index is 475. The highest BCUT2D eigenvalue weighted by atomic mass is 19.4. The molecule has 0 amide bonds. The fraction of sp³-hybridized carbons (Fsp3) is 0.647. The SMILES string of the molecule is CCCC1CCC(Cc2cc(F)c(C(F)(F)F)c(F)c2)CC1. The number of alkyl halides is 3. The molecular formula is C17H21F5. The molecule has 0 unspecified atom stereocenters. The second-order valence-corrected chi connectivity index (χ2v) is 6.31. The fourth-order valence-corrected chi connectivity index (χ4v) is 3.48. The highest BCUT2D eigenvalue weighted by molar-refractivity contribution is 5.28. The first-order valence-corrected chi connectivity index (χ1v) is 7.86. The van der Waals surface area contributed by atoms with Crippen LogP contribution in [0.25, 0.3) is 0 Å². The Morgan fingerprint density at radius 2 is 1.45 bits per heavy atom. The molecule has 1 fully saturated rings. The van der Waals surface area contributed by atoms with Crippen molar-refractivity contribution in [2.75, 3.05) is 0 Å². The largest absolute Gasteiger partial charge is 0.422 e. The van der Waals surface area contributed by atoms with Crippen molar-refractivity contribution in [3.8, 4) is 0 Å². The van der Waals surface area contributed by atoms with Crippen molar-refractivity contribution in [1.82, 2.24) is 0 Å². The summed E-state index contributed by atoms with van der Waals surface area (Å²) in [7, 11) is 0. The van der Waals surface area contributed by atoms with Crippen LogP contribution in [0.15, 0.2) is 12.1 Å². The molecule has 0 atom stereocenters. The van der Waals surface area contributed by atoms with Crippen molar-refractivity contribution in [1.29, 1.82) is 0 Å². The van der Waals surface area contributed by atoms with Crippen LogP contribution in [0.5, 0.6) is 0 Å². The molecule has 1 aromatic carbocycles. The van der Waals surface area contributed by atoms with Gasteiger partial charge in [0.2, 0.25) is 0 Å². The zero-order valence-corrected chi connectivity index (χ0v) is 12.6. The van der Waals surface area contributed by atoms with Gasteiger partial charge in [-0.15, -0.1) is 0 Å². The summed E-state index contributed by atoms with van der Waals surface area (Å²) in [5, 5.41) is 0.